The predicted octanol–water partition coefficient (Wildman–Crippen LogP) is 4.02. The Morgan fingerprint density at radius 2 is 2.29 bits per heavy atom. The van der Waals surface area contributed by atoms with Crippen molar-refractivity contribution in [1.29, 1.82) is 0 Å². The van der Waals surface area contributed by atoms with Crippen LogP contribution in [-0.2, 0) is 0 Å². The lowest BCUT2D eigenvalue weighted by molar-refractivity contribution is -0.385. The maximum atomic E-state index is 11.0. The summed E-state index contributed by atoms with van der Waals surface area (Å²) in [5, 5.41) is 14.1. The first kappa shape index (κ1) is 15.5. The van der Waals surface area contributed by atoms with Gasteiger partial charge < -0.3 is 10.1 Å². The first-order chi connectivity index (χ1) is 10.0. The molecule has 1 N–H and O–H groups in total. The molecule has 1 aromatic heterocycles. The van der Waals surface area contributed by atoms with Crippen LogP contribution in [0.25, 0.3) is 0 Å². The van der Waals surface area contributed by atoms with Crippen molar-refractivity contribution < 1.29 is 9.66 Å². The van der Waals surface area contributed by atoms with Crippen molar-refractivity contribution in [1.82, 2.24) is 9.97 Å². The first-order valence-electron chi connectivity index (χ1n) is 5.89. The van der Waals surface area contributed by atoms with Gasteiger partial charge in [-0.25, -0.2) is 4.98 Å². The van der Waals surface area contributed by atoms with Gasteiger partial charge in [0, 0.05) is 17.1 Å². The van der Waals surface area contributed by atoms with E-state index in [9.17, 15) is 10.1 Å². The largest absolute Gasteiger partial charge is 0.430 e. The van der Waals surface area contributed by atoms with Crippen LogP contribution in [0, 0.1) is 10.1 Å². The van der Waals surface area contributed by atoms with Crippen LogP contribution in [0.3, 0.4) is 0 Å². The number of nitrogens with one attached hydrogen (secondary N) is 1. The highest BCUT2D eigenvalue weighted by atomic mass is 79.9. The second-order valence-electron chi connectivity index (χ2n) is 3.85. The minimum atomic E-state index is -0.541. The van der Waals surface area contributed by atoms with E-state index < -0.39 is 4.92 Å². The molecule has 110 valence electrons. The Morgan fingerprint density at radius 3 is 2.95 bits per heavy atom. The van der Waals surface area contributed by atoms with Gasteiger partial charge in [-0.05, 0) is 19.1 Å². The van der Waals surface area contributed by atoms with Crippen LogP contribution in [0.1, 0.15) is 6.92 Å². The average molecular weight is 374 g/mol. The number of nitro benzene ring substituents is 1. The highest BCUT2D eigenvalue weighted by Gasteiger charge is 2.18. The Morgan fingerprint density at radius 1 is 1.52 bits per heavy atom. The van der Waals surface area contributed by atoms with Gasteiger partial charge in [0.2, 0.25) is 17.6 Å². The van der Waals surface area contributed by atoms with Crippen LogP contribution in [0.15, 0.2) is 28.9 Å². The topological polar surface area (TPSA) is 90.2 Å². The van der Waals surface area contributed by atoms with Crippen LogP contribution in [-0.4, -0.2) is 21.4 Å². The summed E-state index contributed by atoms with van der Waals surface area (Å²) in [6.07, 6.45) is 1.37. The lowest BCUT2D eigenvalue weighted by Crippen LogP contribution is -2.03. The van der Waals surface area contributed by atoms with E-state index >= 15 is 0 Å². The monoisotopic (exact) mass is 372 g/mol. The lowest BCUT2D eigenvalue weighted by Gasteiger charge is -2.08. The minimum absolute atomic E-state index is 0.0475. The van der Waals surface area contributed by atoms with Gasteiger partial charge in [-0.2, -0.15) is 4.98 Å². The van der Waals surface area contributed by atoms with E-state index in [2.05, 4.69) is 31.2 Å². The van der Waals surface area contributed by atoms with E-state index in [0.717, 1.165) is 0 Å². The third kappa shape index (κ3) is 3.79. The van der Waals surface area contributed by atoms with Gasteiger partial charge in [0.15, 0.2) is 0 Å². The molecule has 0 bridgehead atoms. The Balaban J connectivity index is 2.38. The van der Waals surface area contributed by atoms with Gasteiger partial charge >= 0.3 is 5.69 Å². The molecule has 0 spiro atoms. The quantitative estimate of drug-likeness (QED) is 0.628. The lowest BCUT2D eigenvalue weighted by atomic mass is 10.3. The summed E-state index contributed by atoms with van der Waals surface area (Å²) in [5.41, 5.74) is -0.191. The summed E-state index contributed by atoms with van der Waals surface area (Å²) >= 11 is 9.13. The maximum absolute atomic E-state index is 11.0. The summed E-state index contributed by atoms with van der Waals surface area (Å²) in [5.74, 6) is 0.427. The SMILES string of the molecule is CCNc1ncc(Cl)c(Oc2ccc(Br)cc2[N+](=O)[O-])n1. The van der Waals surface area contributed by atoms with Gasteiger partial charge in [0.05, 0.1) is 11.1 Å². The van der Waals surface area contributed by atoms with Gasteiger partial charge in [0.25, 0.3) is 0 Å². The van der Waals surface area contributed by atoms with E-state index in [-0.39, 0.29) is 22.3 Å². The Hall–Kier alpha value is -1.93. The normalized spacial score (nSPS) is 10.2. The molecule has 0 atom stereocenters. The molecule has 7 nitrogen and oxygen atoms in total. The molecule has 0 saturated heterocycles. The number of rotatable bonds is 5. The molecule has 1 aromatic carbocycles. The summed E-state index contributed by atoms with van der Waals surface area (Å²) in [6, 6.07) is 4.44. The van der Waals surface area contributed by atoms with Gasteiger partial charge in [-0.15, -0.1) is 0 Å². The summed E-state index contributed by atoms with van der Waals surface area (Å²) < 4.78 is 6.03. The van der Waals surface area contributed by atoms with Crippen molar-refractivity contribution >= 4 is 39.2 Å². The highest BCUT2D eigenvalue weighted by Crippen LogP contribution is 2.35. The van der Waals surface area contributed by atoms with Crippen molar-refractivity contribution in [2.75, 3.05) is 11.9 Å². The van der Waals surface area contributed by atoms with E-state index in [4.69, 9.17) is 16.3 Å². The van der Waals surface area contributed by atoms with Crippen LogP contribution in [0.4, 0.5) is 11.6 Å². The first-order valence-corrected chi connectivity index (χ1v) is 7.06. The smallest absolute Gasteiger partial charge is 0.312 e. The van der Waals surface area contributed by atoms with Crippen molar-refractivity contribution in [3.63, 3.8) is 0 Å². The molecule has 2 rings (SSSR count). The van der Waals surface area contributed by atoms with Crippen molar-refractivity contribution in [3.8, 4) is 11.6 Å². The molecule has 0 aliphatic carbocycles. The summed E-state index contributed by atoms with van der Waals surface area (Å²) in [6.45, 7) is 2.51. The van der Waals surface area contributed by atoms with Crippen molar-refractivity contribution in [2.45, 2.75) is 6.92 Å². The molecule has 0 radical (unpaired) electrons. The molecule has 1 heterocycles. The number of benzene rings is 1. The van der Waals surface area contributed by atoms with Crippen LogP contribution >= 0.6 is 27.5 Å². The third-order valence-corrected chi connectivity index (χ3v) is 3.12. The number of halogens is 2. The number of hydrogen-bond acceptors (Lipinski definition) is 6. The van der Waals surface area contributed by atoms with Gasteiger partial charge in [0.1, 0.15) is 5.02 Å². The van der Waals surface area contributed by atoms with Gasteiger partial charge in [-0.1, -0.05) is 27.5 Å². The van der Waals surface area contributed by atoms with Crippen LogP contribution in [0.2, 0.25) is 5.02 Å². The zero-order valence-electron chi connectivity index (χ0n) is 10.8. The summed E-state index contributed by atoms with van der Waals surface area (Å²) in [4.78, 5) is 18.5. The van der Waals surface area contributed by atoms with E-state index in [1.165, 1.54) is 18.3 Å². The molecule has 0 amide bonds. The molecule has 0 saturated carbocycles. The number of ether oxygens (including phenoxy) is 1. The number of aromatic nitrogens is 2. The van der Waals surface area contributed by atoms with Crippen molar-refractivity contribution in [2.24, 2.45) is 0 Å². The molecule has 0 aliphatic rings. The minimum Gasteiger partial charge on any atom is -0.430 e. The average Bonchev–Trinajstić information content (AvgIpc) is 2.44. The van der Waals surface area contributed by atoms with E-state index in [1.807, 2.05) is 6.92 Å². The van der Waals surface area contributed by atoms with E-state index in [0.29, 0.717) is 17.0 Å². The standard InChI is InChI=1S/C12H10BrClN4O3/c1-2-15-12-16-6-8(14)11(17-12)21-10-4-3-7(13)5-9(10)18(19)20/h3-6H,2H2,1H3,(H,15,16,17). The Kier molecular flexibility index (Phi) is 4.92. The number of nitrogens with zero attached hydrogens (tertiary/aromatic N) is 3. The second kappa shape index (κ2) is 6.68. The molecule has 21 heavy (non-hydrogen) atoms. The molecular weight excluding hydrogens is 364 g/mol. The van der Waals surface area contributed by atoms with Gasteiger partial charge in [-0.3, -0.25) is 10.1 Å². The van der Waals surface area contributed by atoms with Crippen LogP contribution in [0.5, 0.6) is 11.6 Å². The zero-order valence-corrected chi connectivity index (χ0v) is 13.2. The molecular formula is C12H10BrClN4O3. The summed E-state index contributed by atoms with van der Waals surface area (Å²) in [7, 11) is 0. The number of hydrogen-bond donors (Lipinski definition) is 1. The molecule has 0 aliphatic heterocycles. The maximum Gasteiger partial charge on any atom is 0.312 e. The highest BCUT2D eigenvalue weighted by molar-refractivity contribution is 9.10. The predicted molar refractivity (Wildman–Crippen MR) is 82.1 cm³/mol. The molecule has 2 aromatic rings. The Labute approximate surface area is 133 Å². The fourth-order valence-corrected chi connectivity index (χ4v) is 1.97. The van der Waals surface area contributed by atoms with E-state index in [1.54, 1.807) is 6.07 Å². The number of nitro groups is 1. The molecule has 9 heteroatoms. The second-order valence-corrected chi connectivity index (χ2v) is 5.17. The number of anilines is 1. The van der Waals surface area contributed by atoms with Crippen molar-refractivity contribution in [3.05, 3.63) is 44.0 Å². The fraction of sp³-hybridized carbons (Fsp3) is 0.167. The Bertz CT molecular complexity index is 684. The van der Waals surface area contributed by atoms with Crippen LogP contribution < -0.4 is 10.1 Å². The molecule has 0 fully saturated rings. The third-order valence-electron chi connectivity index (χ3n) is 2.37. The molecule has 0 unspecified atom stereocenters. The fourth-order valence-electron chi connectivity index (χ4n) is 1.49. The zero-order chi connectivity index (χ0) is 15.4.